The zero-order valence-corrected chi connectivity index (χ0v) is 14.1. The fourth-order valence-electron chi connectivity index (χ4n) is 3.34. The lowest BCUT2D eigenvalue weighted by Gasteiger charge is -2.42. The fourth-order valence-corrected chi connectivity index (χ4v) is 4.32. The van der Waals surface area contributed by atoms with Crippen LogP contribution in [0.25, 0.3) is 0 Å². The molecule has 3 nitrogen and oxygen atoms in total. The maximum atomic E-state index is 6.02. The minimum absolute atomic E-state index is 0.00173. The van der Waals surface area contributed by atoms with Gasteiger partial charge in [-0.25, -0.2) is 4.98 Å². The number of hydrogen-bond acceptors (Lipinski definition) is 4. The Labute approximate surface area is 127 Å². The number of methoxy groups -OCH3 is 1. The van der Waals surface area contributed by atoms with Crippen LogP contribution in [-0.4, -0.2) is 30.3 Å². The van der Waals surface area contributed by atoms with Crippen LogP contribution < -0.4 is 5.32 Å². The summed E-state index contributed by atoms with van der Waals surface area (Å²) in [5.41, 5.74) is 1.18. The monoisotopic (exact) mass is 296 g/mol. The van der Waals surface area contributed by atoms with E-state index < -0.39 is 0 Å². The molecule has 2 rings (SSSR count). The van der Waals surface area contributed by atoms with Crippen molar-refractivity contribution in [1.29, 1.82) is 0 Å². The van der Waals surface area contributed by atoms with Crippen molar-refractivity contribution in [3.8, 4) is 0 Å². The number of thiazole rings is 1. The van der Waals surface area contributed by atoms with E-state index in [1.54, 1.807) is 0 Å². The largest absolute Gasteiger partial charge is 0.377 e. The molecule has 1 heterocycles. The summed E-state index contributed by atoms with van der Waals surface area (Å²) in [6.07, 6.45) is 7.24. The van der Waals surface area contributed by atoms with Crippen molar-refractivity contribution in [3.63, 3.8) is 0 Å². The summed E-state index contributed by atoms with van der Waals surface area (Å²) in [6, 6.07) is 0.378. The van der Waals surface area contributed by atoms with E-state index in [9.17, 15) is 0 Å². The molecule has 0 saturated heterocycles. The predicted octanol–water partition coefficient (Wildman–Crippen LogP) is 3.63. The van der Waals surface area contributed by atoms with Gasteiger partial charge in [-0.1, -0.05) is 26.2 Å². The Morgan fingerprint density at radius 2 is 2.00 bits per heavy atom. The van der Waals surface area contributed by atoms with Gasteiger partial charge in [-0.3, -0.25) is 0 Å². The molecule has 1 fully saturated rings. The summed E-state index contributed by atoms with van der Waals surface area (Å²) in [6.45, 7) is 7.42. The summed E-state index contributed by atoms with van der Waals surface area (Å²) in [7, 11) is 1.88. The highest BCUT2D eigenvalue weighted by molar-refractivity contribution is 7.11. The third-order valence-corrected chi connectivity index (χ3v) is 5.74. The van der Waals surface area contributed by atoms with Crippen molar-refractivity contribution in [1.82, 2.24) is 10.3 Å². The number of nitrogens with one attached hydrogen (secondary N) is 1. The minimum atomic E-state index is 0.00173. The van der Waals surface area contributed by atoms with E-state index in [2.05, 4.69) is 26.1 Å². The molecule has 0 spiro atoms. The number of aromatic nitrogens is 1. The molecule has 1 atom stereocenters. The molecule has 4 heteroatoms. The van der Waals surface area contributed by atoms with Crippen LogP contribution >= 0.6 is 11.3 Å². The van der Waals surface area contributed by atoms with Crippen molar-refractivity contribution < 1.29 is 4.74 Å². The molecule has 0 bridgehead atoms. The highest BCUT2D eigenvalue weighted by Crippen LogP contribution is 2.35. The number of ether oxygens (including phenoxy) is 1. The van der Waals surface area contributed by atoms with Gasteiger partial charge in [-0.2, -0.15) is 0 Å². The quantitative estimate of drug-likeness (QED) is 0.870. The Bertz CT molecular complexity index is 405. The van der Waals surface area contributed by atoms with Crippen molar-refractivity contribution in [2.24, 2.45) is 0 Å². The summed E-state index contributed by atoms with van der Waals surface area (Å²) in [5, 5.41) is 4.91. The number of hydrogen-bond donors (Lipinski definition) is 1. The lowest BCUT2D eigenvalue weighted by atomic mass is 9.78. The van der Waals surface area contributed by atoms with Crippen LogP contribution in [0.4, 0.5) is 0 Å². The SMILES string of the molecule is CCNC(Cc1nc(C)c(C)s1)C1(OC)CCCCC1. The Morgan fingerprint density at radius 1 is 1.30 bits per heavy atom. The number of rotatable bonds is 6. The highest BCUT2D eigenvalue weighted by Gasteiger charge is 2.40. The summed E-state index contributed by atoms with van der Waals surface area (Å²) in [4.78, 5) is 6.05. The normalized spacial score (nSPS) is 20.0. The molecule has 20 heavy (non-hydrogen) atoms. The lowest BCUT2D eigenvalue weighted by molar-refractivity contribution is -0.0669. The molecule has 1 unspecified atom stereocenters. The zero-order valence-electron chi connectivity index (χ0n) is 13.3. The minimum Gasteiger partial charge on any atom is -0.377 e. The zero-order chi connectivity index (χ0) is 14.6. The van der Waals surface area contributed by atoms with Crippen LogP contribution in [0.2, 0.25) is 0 Å². The standard InChI is InChI=1S/C16H28N2OS/c1-5-17-14(11-15-18-12(2)13(3)20-15)16(19-4)9-7-6-8-10-16/h14,17H,5-11H2,1-4H3. The van der Waals surface area contributed by atoms with E-state index in [4.69, 9.17) is 9.72 Å². The molecule has 0 aromatic carbocycles. The molecular weight excluding hydrogens is 268 g/mol. The topological polar surface area (TPSA) is 34.2 Å². The Hall–Kier alpha value is -0.450. The van der Waals surface area contributed by atoms with Crippen molar-refractivity contribution in [2.45, 2.75) is 70.9 Å². The van der Waals surface area contributed by atoms with Gasteiger partial charge in [0.15, 0.2) is 0 Å². The van der Waals surface area contributed by atoms with E-state index >= 15 is 0 Å². The second-order valence-electron chi connectivity index (χ2n) is 5.89. The molecule has 0 amide bonds. The van der Waals surface area contributed by atoms with Gasteiger partial charge in [0.1, 0.15) is 0 Å². The Balaban J connectivity index is 2.16. The molecule has 0 aliphatic heterocycles. The van der Waals surface area contributed by atoms with Gasteiger partial charge in [0, 0.05) is 24.4 Å². The van der Waals surface area contributed by atoms with E-state index in [0.717, 1.165) is 13.0 Å². The first-order valence-corrected chi connectivity index (χ1v) is 8.64. The second kappa shape index (κ2) is 7.01. The van der Waals surface area contributed by atoms with Crippen LogP contribution in [0, 0.1) is 13.8 Å². The van der Waals surface area contributed by atoms with E-state index in [0.29, 0.717) is 6.04 Å². The summed E-state index contributed by atoms with van der Waals surface area (Å²) >= 11 is 1.84. The van der Waals surface area contributed by atoms with Crippen LogP contribution in [0.1, 0.15) is 54.6 Å². The number of nitrogens with zero attached hydrogens (tertiary/aromatic N) is 1. The molecule has 1 aliphatic rings. The van der Waals surface area contributed by atoms with Gasteiger partial charge in [0.05, 0.1) is 16.3 Å². The molecule has 1 aliphatic carbocycles. The van der Waals surface area contributed by atoms with Crippen LogP contribution in [-0.2, 0) is 11.2 Å². The average Bonchev–Trinajstić information content (AvgIpc) is 2.78. The van der Waals surface area contributed by atoms with Crippen LogP contribution in [0.5, 0.6) is 0 Å². The van der Waals surface area contributed by atoms with Gasteiger partial charge in [-0.05, 0) is 33.2 Å². The average molecular weight is 296 g/mol. The lowest BCUT2D eigenvalue weighted by Crippen LogP contribution is -2.54. The molecule has 0 radical (unpaired) electrons. The van der Waals surface area contributed by atoms with Crippen LogP contribution in [0.3, 0.4) is 0 Å². The number of aryl methyl sites for hydroxylation is 2. The Morgan fingerprint density at radius 3 is 2.50 bits per heavy atom. The van der Waals surface area contributed by atoms with Gasteiger partial charge in [0.2, 0.25) is 0 Å². The molecule has 114 valence electrons. The maximum absolute atomic E-state index is 6.02. The van der Waals surface area contributed by atoms with Crippen molar-refractivity contribution in [2.75, 3.05) is 13.7 Å². The first-order chi connectivity index (χ1) is 9.61. The third-order valence-electron chi connectivity index (χ3n) is 4.64. The summed E-state index contributed by atoms with van der Waals surface area (Å²) < 4.78 is 6.02. The van der Waals surface area contributed by atoms with Gasteiger partial charge in [-0.15, -0.1) is 11.3 Å². The number of likely N-dealkylation sites (N-methyl/N-ethyl adjacent to an activating group) is 1. The first-order valence-electron chi connectivity index (χ1n) is 7.82. The second-order valence-corrected chi connectivity index (χ2v) is 7.18. The van der Waals surface area contributed by atoms with E-state index in [1.165, 1.54) is 47.7 Å². The van der Waals surface area contributed by atoms with Gasteiger partial charge >= 0.3 is 0 Å². The molecule has 1 aromatic heterocycles. The van der Waals surface area contributed by atoms with E-state index in [-0.39, 0.29) is 5.60 Å². The smallest absolute Gasteiger partial charge is 0.0947 e. The molecule has 1 saturated carbocycles. The molecule has 1 aromatic rings. The predicted molar refractivity (Wildman–Crippen MR) is 85.6 cm³/mol. The fraction of sp³-hybridized carbons (Fsp3) is 0.812. The summed E-state index contributed by atoms with van der Waals surface area (Å²) in [5.74, 6) is 0. The third kappa shape index (κ3) is 3.41. The molecule has 1 N–H and O–H groups in total. The first kappa shape index (κ1) is 15.9. The highest BCUT2D eigenvalue weighted by atomic mass is 32.1. The van der Waals surface area contributed by atoms with E-state index in [1.807, 2.05) is 18.4 Å². The van der Waals surface area contributed by atoms with Gasteiger partial charge in [0.25, 0.3) is 0 Å². The Kier molecular flexibility index (Phi) is 5.58. The molecular formula is C16H28N2OS. The van der Waals surface area contributed by atoms with Crippen LogP contribution in [0.15, 0.2) is 0 Å². The van der Waals surface area contributed by atoms with Crippen molar-refractivity contribution >= 4 is 11.3 Å². The van der Waals surface area contributed by atoms with Crippen molar-refractivity contribution in [3.05, 3.63) is 15.6 Å². The maximum Gasteiger partial charge on any atom is 0.0947 e. The van der Waals surface area contributed by atoms with Gasteiger partial charge < -0.3 is 10.1 Å².